The lowest BCUT2D eigenvalue weighted by Gasteiger charge is -2.37. The first kappa shape index (κ1) is 14.1. The first-order valence-electron chi connectivity index (χ1n) is 7.10. The summed E-state index contributed by atoms with van der Waals surface area (Å²) in [6, 6.07) is -0.258. The maximum absolute atomic E-state index is 11.6. The molecule has 1 saturated heterocycles. The Bertz CT molecular complexity index is 336. The molecule has 0 atom stereocenters. The molecule has 1 saturated carbocycles. The molecule has 2 aliphatic rings. The molecular formula is C13H23N3O3. The average Bonchev–Trinajstić information content (AvgIpc) is 2.80. The van der Waals surface area contributed by atoms with Crippen LogP contribution >= 0.6 is 0 Å². The quantitative estimate of drug-likeness (QED) is 0.661. The fourth-order valence-electron chi connectivity index (χ4n) is 2.72. The first-order valence-corrected chi connectivity index (χ1v) is 7.10. The monoisotopic (exact) mass is 269 g/mol. The van der Waals surface area contributed by atoms with Crippen molar-refractivity contribution in [3.05, 3.63) is 0 Å². The minimum absolute atomic E-state index is 0.234. The van der Waals surface area contributed by atoms with E-state index in [-0.39, 0.29) is 12.6 Å². The fraction of sp³-hybridized carbons (Fsp3) is 0.846. The number of nitrogens with one attached hydrogen (secondary N) is 2. The van der Waals surface area contributed by atoms with E-state index in [2.05, 4.69) is 15.5 Å². The lowest BCUT2D eigenvalue weighted by Crippen LogP contribution is -2.50. The van der Waals surface area contributed by atoms with E-state index in [1.54, 1.807) is 0 Å². The van der Waals surface area contributed by atoms with Gasteiger partial charge in [-0.05, 0) is 38.8 Å². The van der Waals surface area contributed by atoms with Gasteiger partial charge in [-0.3, -0.25) is 4.79 Å². The van der Waals surface area contributed by atoms with Crippen molar-refractivity contribution in [2.75, 3.05) is 32.7 Å². The van der Waals surface area contributed by atoms with E-state index in [0.29, 0.717) is 19.4 Å². The van der Waals surface area contributed by atoms with E-state index < -0.39 is 11.4 Å². The zero-order valence-corrected chi connectivity index (χ0v) is 11.3. The standard InChI is InChI=1S/C13H23N3O3/c17-11(18)13(4-3-5-13)10-15-12(19)14-6-9-16-7-1-2-8-16/h1-10H2,(H,17,18)(H2,14,15,19). The molecule has 1 heterocycles. The Morgan fingerprint density at radius 3 is 2.32 bits per heavy atom. The van der Waals surface area contributed by atoms with Gasteiger partial charge in [0.15, 0.2) is 0 Å². The van der Waals surface area contributed by atoms with Gasteiger partial charge in [-0.1, -0.05) is 6.42 Å². The molecule has 2 rings (SSSR count). The van der Waals surface area contributed by atoms with Crippen LogP contribution in [-0.4, -0.2) is 54.7 Å². The van der Waals surface area contributed by atoms with Gasteiger partial charge in [-0.15, -0.1) is 0 Å². The molecule has 6 heteroatoms. The number of urea groups is 1. The van der Waals surface area contributed by atoms with Crippen LogP contribution in [0.2, 0.25) is 0 Å². The van der Waals surface area contributed by atoms with E-state index in [1.165, 1.54) is 12.8 Å². The smallest absolute Gasteiger partial charge is 0.314 e. The van der Waals surface area contributed by atoms with Crippen molar-refractivity contribution in [3.63, 3.8) is 0 Å². The molecule has 0 radical (unpaired) electrons. The molecule has 3 N–H and O–H groups in total. The Morgan fingerprint density at radius 2 is 1.79 bits per heavy atom. The molecule has 0 aromatic heterocycles. The van der Waals surface area contributed by atoms with Crippen molar-refractivity contribution in [2.24, 2.45) is 5.41 Å². The summed E-state index contributed by atoms with van der Waals surface area (Å²) in [5.41, 5.74) is -0.716. The summed E-state index contributed by atoms with van der Waals surface area (Å²) in [7, 11) is 0. The van der Waals surface area contributed by atoms with Crippen molar-refractivity contribution in [3.8, 4) is 0 Å². The molecule has 1 aliphatic heterocycles. The van der Waals surface area contributed by atoms with Gasteiger partial charge in [0.2, 0.25) is 0 Å². The number of likely N-dealkylation sites (tertiary alicyclic amines) is 1. The van der Waals surface area contributed by atoms with Crippen LogP contribution in [-0.2, 0) is 4.79 Å². The molecule has 0 spiro atoms. The summed E-state index contributed by atoms with van der Waals surface area (Å²) in [6.07, 6.45) is 4.75. The zero-order chi connectivity index (χ0) is 13.7. The second-order valence-electron chi connectivity index (χ2n) is 5.60. The van der Waals surface area contributed by atoms with Crippen LogP contribution in [0.25, 0.3) is 0 Å². The molecule has 6 nitrogen and oxygen atoms in total. The molecule has 2 amide bonds. The number of carboxylic acid groups (broad SMARTS) is 1. The minimum Gasteiger partial charge on any atom is -0.481 e. The highest BCUT2D eigenvalue weighted by Gasteiger charge is 2.44. The highest BCUT2D eigenvalue weighted by Crippen LogP contribution is 2.40. The lowest BCUT2D eigenvalue weighted by atomic mass is 9.69. The third-order valence-corrected chi connectivity index (χ3v) is 4.26. The van der Waals surface area contributed by atoms with E-state index in [9.17, 15) is 9.59 Å². The number of carbonyl (C=O) groups is 2. The summed E-state index contributed by atoms with van der Waals surface area (Å²) in [5.74, 6) is -0.795. The number of aliphatic carboxylic acids is 1. The van der Waals surface area contributed by atoms with Crippen LogP contribution in [0.15, 0.2) is 0 Å². The van der Waals surface area contributed by atoms with E-state index in [0.717, 1.165) is 26.1 Å². The van der Waals surface area contributed by atoms with E-state index >= 15 is 0 Å². The second kappa shape index (κ2) is 6.23. The Morgan fingerprint density at radius 1 is 1.11 bits per heavy atom. The maximum atomic E-state index is 11.6. The number of carbonyl (C=O) groups excluding carboxylic acids is 1. The largest absolute Gasteiger partial charge is 0.481 e. The molecule has 1 aliphatic carbocycles. The number of nitrogens with zero attached hydrogens (tertiary/aromatic N) is 1. The average molecular weight is 269 g/mol. The van der Waals surface area contributed by atoms with Crippen molar-refractivity contribution in [1.29, 1.82) is 0 Å². The highest BCUT2D eigenvalue weighted by molar-refractivity contribution is 5.78. The SMILES string of the molecule is O=C(NCCN1CCCC1)NCC1(C(=O)O)CCC1. The summed E-state index contributed by atoms with van der Waals surface area (Å²) in [5, 5.41) is 14.6. The summed E-state index contributed by atoms with van der Waals surface area (Å²) in [4.78, 5) is 25.0. The fourth-order valence-corrected chi connectivity index (χ4v) is 2.72. The van der Waals surface area contributed by atoms with Gasteiger partial charge < -0.3 is 20.6 Å². The van der Waals surface area contributed by atoms with Crippen LogP contribution in [0.3, 0.4) is 0 Å². The van der Waals surface area contributed by atoms with Crippen LogP contribution in [0.4, 0.5) is 4.79 Å². The van der Waals surface area contributed by atoms with Crippen molar-refractivity contribution in [2.45, 2.75) is 32.1 Å². The Balaban J connectivity index is 1.60. The molecule has 0 aromatic rings. The van der Waals surface area contributed by atoms with Crippen molar-refractivity contribution in [1.82, 2.24) is 15.5 Å². The number of hydrogen-bond donors (Lipinski definition) is 3. The number of rotatable bonds is 6. The van der Waals surface area contributed by atoms with Crippen LogP contribution < -0.4 is 10.6 Å². The topological polar surface area (TPSA) is 81.7 Å². The lowest BCUT2D eigenvalue weighted by molar-refractivity contribution is -0.153. The summed E-state index contributed by atoms with van der Waals surface area (Å²) < 4.78 is 0. The predicted octanol–water partition coefficient (Wildman–Crippen LogP) is 0.636. The predicted molar refractivity (Wildman–Crippen MR) is 71.0 cm³/mol. The maximum Gasteiger partial charge on any atom is 0.314 e. The van der Waals surface area contributed by atoms with Crippen molar-refractivity contribution < 1.29 is 14.7 Å². The van der Waals surface area contributed by atoms with Crippen LogP contribution in [0, 0.1) is 5.41 Å². The Labute approximate surface area is 113 Å². The number of hydrogen-bond acceptors (Lipinski definition) is 3. The van der Waals surface area contributed by atoms with Gasteiger partial charge in [-0.2, -0.15) is 0 Å². The van der Waals surface area contributed by atoms with Gasteiger partial charge >= 0.3 is 12.0 Å². The van der Waals surface area contributed by atoms with E-state index in [4.69, 9.17) is 5.11 Å². The second-order valence-corrected chi connectivity index (χ2v) is 5.60. The first-order chi connectivity index (χ1) is 9.12. The van der Waals surface area contributed by atoms with Crippen LogP contribution in [0.1, 0.15) is 32.1 Å². The molecule has 19 heavy (non-hydrogen) atoms. The van der Waals surface area contributed by atoms with Gasteiger partial charge in [0.25, 0.3) is 0 Å². The van der Waals surface area contributed by atoms with Gasteiger partial charge in [0.05, 0.1) is 5.41 Å². The molecule has 108 valence electrons. The Kier molecular flexibility index (Phi) is 4.63. The highest BCUT2D eigenvalue weighted by atomic mass is 16.4. The molecule has 2 fully saturated rings. The van der Waals surface area contributed by atoms with Crippen molar-refractivity contribution >= 4 is 12.0 Å². The third-order valence-electron chi connectivity index (χ3n) is 4.26. The number of amides is 2. The minimum atomic E-state index is -0.795. The Hall–Kier alpha value is -1.30. The molecule has 0 aromatic carbocycles. The normalized spacial score (nSPS) is 21.7. The third kappa shape index (κ3) is 3.59. The summed E-state index contributed by atoms with van der Waals surface area (Å²) >= 11 is 0. The van der Waals surface area contributed by atoms with Gasteiger partial charge in [0, 0.05) is 19.6 Å². The molecule has 0 bridgehead atoms. The number of carboxylic acids is 1. The van der Waals surface area contributed by atoms with Crippen LogP contribution in [0.5, 0.6) is 0 Å². The van der Waals surface area contributed by atoms with Gasteiger partial charge in [-0.25, -0.2) is 4.79 Å². The summed E-state index contributed by atoms with van der Waals surface area (Å²) in [6.45, 7) is 3.96. The molecular weight excluding hydrogens is 246 g/mol. The molecule has 0 unspecified atom stereocenters. The zero-order valence-electron chi connectivity index (χ0n) is 11.3. The van der Waals surface area contributed by atoms with Gasteiger partial charge in [0.1, 0.15) is 0 Å². The van der Waals surface area contributed by atoms with E-state index in [1.807, 2.05) is 0 Å².